The van der Waals surface area contributed by atoms with E-state index in [2.05, 4.69) is 27.9 Å². The first kappa shape index (κ1) is 16.1. The minimum Gasteiger partial charge on any atom is -0.451 e. The summed E-state index contributed by atoms with van der Waals surface area (Å²) in [5, 5.41) is 0.977. The molecule has 0 aliphatic carbocycles. The fourth-order valence-electron chi connectivity index (χ4n) is 3.80. The molecule has 1 aromatic heterocycles. The molecule has 6 heteroatoms. The zero-order chi connectivity index (χ0) is 16.9. The van der Waals surface area contributed by atoms with Gasteiger partial charge in [0.05, 0.1) is 6.61 Å². The summed E-state index contributed by atoms with van der Waals surface area (Å²) in [6.45, 7) is 5.05. The van der Waals surface area contributed by atoms with Crippen molar-refractivity contribution in [1.82, 2.24) is 9.80 Å². The maximum atomic E-state index is 13.2. The summed E-state index contributed by atoms with van der Waals surface area (Å²) < 4.78 is 12.9. The average molecular weight is 393 g/mol. The Balaban J connectivity index is 1.69. The predicted molar refractivity (Wildman–Crippen MR) is 95.1 cm³/mol. The number of furan rings is 1. The molecule has 2 aliphatic rings. The van der Waals surface area contributed by atoms with Gasteiger partial charge in [0, 0.05) is 47.9 Å². The fourth-order valence-corrected chi connectivity index (χ4v) is 4.16. The third-order valence-electron chi connectivity index (χ3n) is 5.28. The number of benzene rings is 1. The number of aryl methyl sites for hydroxylation is 1. The van der Waals surface area contributed by atoms with Crippen molar-refractivity contribution in [2.75, 3.05) is 33.3 Å². The number of amides is 1. The molecular formula is C18H21BrN2O3. The molecule has 3 heterocycles. The van der Waals surface area contributed by atoms with Gasteiger partial charge in [-0.3, -0.25) is 4.79 Å². The standard InChI is InChI=1S/C18H21BrN2O3/c1-12-14-11-13(19)3-4-15(14)24-16(12)17(22)21-9-10-23-18(21)5-7-20(2)8-6-18/h3-4,11H,5-10H2,1-2H3. The highest BCUT2D eigenvalue weighted by Gasteiger charge is 2.47. The molecule has 2 aromatic rings. The highest BCUT2D eigenvalue weighted by atomic mass is 79.9. The van der Waals surface area contributed by atoms with Crippen molar-refractivity contribution >= 4 is 32.8 Å². The summed E-state index contributed by atoms with van der Waals surface area (Å²) in [6.07, 6.45) is 1.69. The van der Waals surface area contributed by atoms with E-state index in [0.717, 1.165) is 46.9 Å². The predicted octanol–water partition coefficient (Wildman–Crippen LogP) is 3.40. The van der Waals surface area contributed by atoms with E-state index in [-0.39, 0.29) is 5.91 Å². The number of hydrogen-bond acceptors (Lipinski definition) is 4. The van der Waals surface area contributed by atoms with Gasteiger partial charge in [0.1, 0.15) is 11.3 Å². The molecule has 24 heavy (non-hydrogen) atoms. The number of rotatable bonds is 1. The van der Waals surface area contributed by atoms with Crippen molar-refractivity contribution in [1.29, 1.82) is 0 Å². The number of carbonyl (C=O) groups excluding carboxylic acids is 1. The van der Waals surface area contributed by atoms with E-state index in [9.17, 15) is 4.79 Å². The lowest BCUT2D eigenvalue weighted by atomic mass is 9.98. The number of hydrogen-bond donors (Lipinski definition) is 0. The van der Waals surface area contributed by atoms with Gasteiger partial charge in [-0.05, 0) is 32.2 Å². The van der Waals surface area contributed by atoms with Gasteiger partial charge in [-0.1, -0.05) is 15.9 Å². The number of halogens is 1. The molecular weight excluding hydrogens is 372 g/mol. The molecule has 1 aromatic carbocycles. The van der Waals surface area contributed by atoms with Gasteiger partial charge in [-0.25, -0.2) is 0 Å². The Morgan fingerprint density at radius 2 is 2.00 bits per heavy atom. The maximum absolute atomic E-state index is 13.2. The topological polar surface area (TPSA) is 45.9 Å². The first-order valence-corrected chi connectivity index (χ1v) is 9.13. The summed E-state index contributed by atoms with van der Waals surface area (Å²) >= 11 is 3.48. The van der Waals surface area contributed by atoms with Crippen molar-refractivity contribution < 1.29 is 13.9 Å². The summed E-state index contributed by atoms with van der Waals surface area (Å²) in [5.41, 5.74) is 1.18. The molecule has 0 radical (unpaired) electrons. The van der Waals surface area contributed by atoms with Crippen molar-refractivity contribution in [2.24, 2.45) is 0 Å². The molecule has 0 N–H and O–H groups in total. The summed E-state index contributed by atoms with van der Waals surface area (Å²) in [4.78, 5) is 17.4. The zero-order valence-corrected chi connectivity index (χ0v) is 15.6. The van der Waals surface area contributed by atoms with Gasteiger partial charge in [0.25, 0.3) is 5.91 Å². The summed E-state index contributed by atoms with van der Waals surface area (Å²) in [5.74, 6) is 0.383. The smallest absolute Gasteiger partial charge is 0.292 e. The molecule has 2 saturated heterocycles. The molecule has 1 spiro atoms. The maximum Gasteiger partial charge on any atom is 0.292 e. The Bertz CT molecular complexity index is 793. The van der Waals surface area contributed by atoms with Crippen LogP contribution in [0.3, 0.4) is 0 Å². The normalized spacial score (nSPS) is 21.0. The van der Waals surface area contributed by atoms with Crippen LogP contribution in [0.25, 0.3) is 11.0 Å². The lowest BCUT2D eigenvalue weighted by Gasteiger charge is -2.42. The number of ether oxygens (including phenoxy) is 1. The van der Waals surface area contributed by atoms with Gasteiger partial charge in [0.2, 0.25) is 0 Å². The minimum atomic E-state index is -0.463. The summed E-state index contributed by atoms with van der Waals surface area (Å²) in [7, 11) is 2.11. The molecule has 0 unspecified atom stereocenters. The largest absolute Gasteiger partial charge is 0.451 e. The molecule has 0 atom stereocenters. The van der Waals surface area contributed by atoms with Crippen LogP contribution in [0.5, 0.6) is 0 Å². The molecule has 128 valence electrons. The number of fused-ring (bicyclic) bond motifs is 1. The Hall–Kier alpha value is -1.37. The third-order valence-corrected chi connectivity index (χ3v) is 5.78. The van der Waals surface area contributed by atoms with Crippen molar-refractivity contribution in [2.45, 2.75) is 25.5 Å². The van der Waals surface area contributed by atoms with Crippen LogP contribution < -0.4 is 0 Å². The SMILES string of the molecule is Cc1c(C(=O)N2CCOC23CCN(C)CC3)oc2ccc(Br)cc12. The number of piperidine rings is 1. The molecule has 2 fully saturated rings. The van der Waals surface area contributed by atoms with E-state index in [0.29, 0.717) is 18.9 Å². The van der Waals surface area contributed by atoms with Crippen LogP contribution in [0.15, 0.2) is 27.1 Å². The lowest BCUT2D eigenvalue weighted by Crippen LogP contribution is -2.54. The minimum absolute atomic E-state index is 0.0538. The molecule has 0 bridgehead atoms. The molecule has 2 aliphatic heterocycles. The van der Waals surface area contributed by atoms with Crippen molar-refractivity contribution in [3.05, 3.63) is 34.0 Å². The van der Waals surface area contributed by atoms with E-state index >= 15 is 0 Å². The Kier molecular flexibility index (Phi) is 3.94. The van der Waals surface area contributed by atoms with Gasteiger partial charge in [0.15, 0.2) is 5.76 Å². The van der Waals surface area contributed by atoms with Gasteiger partial charge in [-0.2, -0.15) is 0 Å². The zero-order valence-electron chi connectivity index (χ0n) is 14.0. The second-order valence-corrected chi connectivity index (χ2v) is 7.67. The average Bonchev–Trinajstić information content (AvgIpc) is 3.12. The number of carbonyl (C=O) groups is 1. The lowest BCUT2D eigenvalue weighted by molar-refractivity contribution is -0.103. The van der Waals surface area contributed by atoms with Crippen LogP contribution in [-0.4, -0.2) is 54.7 Å². The third kappa shape index (κ3) is 2.48. The molecule has 5 nitrogen and oxygen atoms in total. The second-order valence-electron chi connectivity index (χ2n) is 6.75. The van der Waals surface area contributed by atoms with E-state index in [1.165, 1.54) is 0 Å². The van der Waals surface area contributed by atoms with Crippen LogP contribution >= 0.6 is 15.9 Å². The number of nitrogens with zero attached hydrogens (tertiary/aromatic N) is 2. The highest BCUT2D eigenvalue weighted by Crippen LogP contribution is 2.37. The van der Waals surface area contributed by atoms with Crippen molar-refractivity contribution in [3.63, 3.8) is 0 Å². The van der Waals surface area contributed by atoms with Gasteiger partial charge < -0.3 is 19.0 Å². The summed E-state index contributed by atoms with van der Waals surface area (Å²) in [6, 6.07) is 5.82. The first-order chi connectivity index (χ1) is 11.5. The quantitative estimate of drug-likeness (QED) is 0.745. The molecule has 0 saturated carbocycles. The van der Waals surface area contributed by atoms with Crippen molar-refractivity contribution in [3.8, 4) is 0 Å². The monoisotopic (exact) mass is 392 g/mol. The first-order valence-electron chi connectivity index (χ1n) is 8.33. The Morgan fingerprint density at radius 1 is 1.25 bits per heavy atom. The van der Waals surface area contributed by atoms with E-state index in [1.54, 1.807) is 0 Å². The molecule has 1 amide bonds. The van der Waals surface area contributed by atoms with Crippen LogP contribution in [0, 0.1) is 6.92 Å². The van der Waals surface area contributed by atoms with Crippen LogP contribution in [-0.2, 0) is 4.74 Å². The Morgan fingerprint density at radius 3 is 2.75 bits per heavy atom. The van der Waals surface area contributed by atoms with Crippen LogP contribution in [0.1, 0.15) is 29.0 Å². The van der Waals surface area contributed by atoms with E-state index in [1.807, 2.05) is 30.0 Å². The van der Waals surface area contributed by atoms with Gasteiger partial charge >= 0.3 is 0 Å². The van der Waals surface area contributed by atoms with Gasteiger partial charge in [-0.15, -0.1) is 0 Å². The fraction of sp³-hybridized carbons (Fsp3) is 0.500. The highest BCUT2D eigenvalue weighted by molar-refractivity contribution is 9.10. The second kappa shape index (κ2) is 5.86. The van der Waals surface area contributed by atoms with E-state index in [4.69, 9.17) is 9.15 Å². The van der Waals surface area contributed by atoms with Crippen LogP contribution in [0.4, 0.5) is 0 Å². The van der Waals surface area contributed by atoms with E-state index < -0.39 is 5.72 Å². The van der Waals surface area contributed by atoms with Crippen LogP contribution in [0.2, 0.25) is 0 Å². The number of likely N-dealkylation sites (tertiary alicyclic amines) is 1. The molecule has 4 rings (SSSR count). The Labute approximate surface area is 149 Å².